The van der Waals surface area contributed by atoms with E-state index in [2.05, 4.69) is 27.8 Å². The lowest BCUT2D eigenvalue weighted by Gasteiger charge is -2.03. The first-order valence-electron chi connectivity index (χ1n) is 8.52. The van der Waals surface area contributed by atoms with E-state index in [1.807, 2.05) is 30.5 Å². The van der Waals surface area contributed by atoms with Gasteiger partial charge in [0.1, 0.15) is 5.82 Å². The molecule has 0 radical (unpaired) electrons. The molecule has 2 heterocycles. The summed E-state index contributed by atoms with van der Waals surface area (Å²) in [6, 6.07) is 12.1. The Morgan fingerprint density at radius 1 is 1.00 bits per heavy atom. The normalized spacial score (nSPS) is 9.64. The number of carboxylic acids is 2. The minimum absolute atomic E-state index is 0.0381. The number of aliphatic hydroxyl groups is 1. The van der Waals surface area contributed by atoms with Gasteiger partial charge in [0.25, 0.3) is 0 Å². The third kappa shape index (κ3) is 8.88. The number of pyridine rings is 1. The van der Waals surface area contributed by atoms with Crippen LogP contribution in [0.2, 0.25) is 0 Å². The Labute approximate surface area is 162 Å². The molecular formula is C19H24N4O5. The maximum absolute atomic E-state index is 10.3. The molecule has 5 N–H and O–H groups in total. The van der Waals surface area contributed by atoms with Crippen LogP contribution >= 0.6 is 0 Å². The van der Waals surface area contributed by atoms with Crippen molar-refractivity contribution in [2.24, 2.45) is 5.73 Å². The number of hydrogen-bond acceptors (Lipinski definition) is 6. The van der Waals surface area contributed by atoms with E-state index in [0.717, 1.165) is 5.52 Å². The smallest absolute Gasteiger partial charge is 0.317 e. The molecule has 0 saturated carbocycles. The molecule has 150 valence electrons. The van der Waals surface area contributed by atoms with E-state index in [-0.39, 0.29) is 19.6 Å². The van der Waals surface area contributed by atoms with Crippen molar-refractivity contribution >= 4 is 22.8 Å². The van der Waals surface area contributed by atoms with Gasteiger partial charge in [-0.3, -0.25) is 14.6 Å². The van der Waals surface area contributed by atoms with Crippen LogP contribution in [0, 0.1) is 0 Å². The number of hydrogen-bond donors (Lipinski definition) is 4. The molecule has 0 aliphatic rings. The van der Waals surface area contributed by atoms with Crippen LogP contribution in [-0.4, -0.2) is 54.9 Å². The van der Waals surface area contributed by atoms with Gasteiger partial charge in [0.05, 0.1) is 25.1 Å². The van der Waals surface area contributed by atoms with Crippen LogP contribution in [0.25, 0.3) is 10.9 Å². The van der Waals surface area contributed by atoms with Gasteiger partial charge in [-0.15, -0.1) is 0 Å². The second-order valence-corrected chi connectivity index (χ2v) is 5.45. The zero-order valence-corrected chi connectivity index (χ0v) is 15.3. The lowest BCUT2D eigenvalue weighted by Crippen LogP contribution is -2.10. The number of carbonyl (C=O) groups is 2. The van der Waals surface area contributed by atoms with Crippen molar-refractivity contribution in [1.82, 2.24) is 14.5 Å². The zero-order chi connectivity index (χ0) is 20.8. The third-order valence-electron chi connectivity index (χ3n) is 3.39. The van der Waals surface area contributed by atoms with E-state index in [4.69, 9.17) is 15.3 Å². The van der Waals surface area contributed by atoms with Crippen LogP contribution in [0.3, 0.4) is 0 Å². The molecule has 28 heavy (non-hydrogen) atoms. The number of carboxylic acid groups (broad SMARTS) is 2. The van der Waals surface area contributed by atoms with Crippen LogP contribution < -0.4 is 5.73 Å². The van der Waals surface area contributed by atoms with Crippen molar-refractivity contribution in [1.29, 1.82) is 0 Å². The van der Waals surface area contributed by atoms with E-state index in [1.54, 1.807) is 17.0 Å². The van der Waals surface area contributed by atoms with Gasteiger partial charge in [-0.1, -0.05) is 24.3 Å². The van der Waals surface area contributed by atoms with Gasteiger partial charge in [0.2, 0.25) is 0 Å². The van der Waals surface area contributed by atoms with E-state index in [1.165, 1.54) is 5.39 Å². The van der Waals surface area contributed by atoms with E-state index >= 15 is 0 Å². The van der Waals surface area contributed by atoms with Crippen molar-refractivity contribution in [2.45, 2.75) is 19.4 Å². The molecule has 9 heteroatoms. The minimum Gasteiger partial charge on any atom is -0.481 e. The Bertz CT molecular complexity index is 801. The van der Waals surface area contributed by atoms with Gasteiger partial charge < -0.3 is 25.6 Å². The molecule has 0 saturated heterocycles. The van der Waals surface area contributed by atoms with Crippen LogP contribution in [0.1, 0.15) is 12.2 Å². The van der Waals surface area contributed by atoms with Crippen LogP contribution in [0.4, 0.5) is 0 Å². The zero-order valence-electron chi connectivity index (χ0n) is 15.3. The highest BCUT2D eigenvalue weighted by Gasteiger charge is 2.04. The fraction of sp³-hybridized carbons (Fsp3) is 0.263. The number of fused-ring (bicyclic) bond motifs is 1. The molecule has 0 amide bonds. The molecule has 0 atom stereocenters. The van der Waals surface area contributed by atoms with Crippen LogP contribution in [-0.2, 0) is 22.6 Å². The summed E-state index contributed by atoms with van der Waals surface area (Å²) < 4.78 is 1.75. The SMILES string of the molecule is NCC(=O)O.O=C(O)CCc1nccn1CCO.c1ccc2ncccc2c1. The van der Waals surface area contributed by atoms with E-state index in [9.17, 15) is 9.59 Å². The molecule has 0 aliphatic heterocycles. The maximum Gasteiger partial charge on any atom is 0.317 e. The largest absolute Gasteiger partial charge is 0.481 e. The summed E-state index contributed by atoms with van der Waals surface area (Å²) in [6.45, 7) is 0.228. The molecule has 1 aromatic carbocycles. The number of aromatic nitrogens is 3. The van der Waals surface area contributed by atoms with Gasteiger partial charge >= 0.3 is 11.9 Å². The molecule has 2 aromatic heterocycles. The predicted octanol–water partition coefficient (Wildman–Crippen LogP) is 1.16. The quantitative estimate of drug-likeness (QED) is 0.491. The second-order valence-electron chi connectivity index (χ2n) is 5.45. The van der Waals surface area contributed by atoms with Crippen molar-refractivity contribution in [3.8, 4) is 0 Å². The molecule has 3 rings (SSSR count). The summed E-state index contributed by atoms with van der Waals surface area (Å²) in [7, 11) is 0. The first-order chi connectivity index (χ1) is 13.5. The van der Waals surface area contributed by atoms with Crippen LogP contribution in [0.15, 0.2) is 55.0 Å². The fourth-order valence-corrected chi connectivity index (χ4v) is 2.11. The number of imidazole rings is 1. The number of rotatable bonds is 6. The number of para-hydroxylation sites is 1. The Balaban J connectivity index is 0.000000231. The number of aliphatic carboxylic acids is 2. The lowest BCUT2D eigenvalue weighted by molar-refractivity contribution is -0.137. The Morgan fingerprint density at radius 2 is 1.68 bits per heavy atom. The number of aryl methyl sites for hydroxylation is 1. The fourth-order valence-electron chi connectivity index (χ4n) is 2.11. The average molecular weight is 388 g/mol. The number of nitrogens with zero attached hydrogens (tertiary/aromatic N) is 3. The minimum atomic E-state index is -0.968. The molecule has 3 aromatic rings. The summed E-state index contributed by atoms with van der Waals surface area (Å²) in [4.78, 5) is 27.7. The predicted molar refractivity (Wildman–Crippen MR) is 104 cm³/mol. The van der Waals surface area contributed by atoms with Crippen molar-refractivity contribution in [2.75, 3.05) is 13.2 Å². The third-order valence-corrected chi connectivity index (χ3v) is 3.39. The van der Waals surface area contributed by atoms with Crippen molar-refractivity contribution in [3.05, 3.63) is 60.8 Å². The second kappa shape index (κ2) is 13.0. The van der Waals surface area contributed by atoms with Crippen molar-refractivity contribution < 1.29 is 24.9 Å². The summed E-state index contributed by atoms with van der Waals surface area (Å²) in [5, 5.41) is 25.9. The summed E-state index contributed by atoms with van der Waals surface area (Å²) in [6.07, 6.45) is 5.62. The highest BCUT2D eigenvalue weighted by molar-refractivity contribution is 5.77. The molecule has 0 fully saturated rings. The lowest BCUT2D eigenvalue weighted by atomic mass is 10.2. The first-order valence-corrected chi connectivity index (χ1v) is 8.52. The summed E-state index contributed by atoms with van der Waals surface area (Å²) in [5.41, 5.74) is 5.63. The number of aliphatic hydroxyl groups excluding tert-OH is 1. The van der Waals surface area contributed by atoms with E-state index < -0.39 is 11.9 Å². The van der Waals surface area contributed by atoms with Gasteiger partial charge in [0, 0.05) is 36.9 Å². The summed E-state index contributed by atoms with van der Waals surface area (Å²) >= 11 is 0. The van der Waals surface area contributed by atoms with Crippen molar-refractivity contribution in [3.63, 3.8) is 0 Å². The Morgan fingerprint density at radius 3 is 2.29 bits per heavy atom. The monoisotopic (exact) mass is 388 g/mol. The Hall–Kier alpha value is -3.30. The van der Waals surface area contributed by atoms with Gasteiger partial charge in [0.15, 0.2) is 0 Å². The standard InChI is InChI=1S/C9H7N.C8H12N2O3.C2H5NO2/c1-2-6-9-8(4-1)5-3-7-10-9;11-6-5-10-4-3-9-7(10)1-2-8(12)13;3-1-2(4)5/h1-7H;3-4,11H,1-2,5-6H2,(H,12,13);1,3H2,(H,4,5). The molecular weight excluding hydrogens is 364 g/mol. The highest BCUT2D eigenvalue weighted by atomic mass is 16.4. The number of benzene rings is 1. The molecule has 0 unspecified atom stereocenters. The number of nitrogens with two attached hydrogens (primary N) is 1. The molecule has 9 nitrogen and oxygen atoms in total. The molecule has 0 bridgehead atoms. The summed E-state index contributed by atoms with van der Waals surface area (Å²) in [5.74, 6) is -1.10. The van der Waals surface area contributed by atoms with Crippen LogP contribution in [0.5, 0.6) is 0 Å². The van der Waals surface area contributed by atoms with Gasteiger partial charge in [-0.2, -0.15) is 0 Å². The molecule has 0 spiro atoms. The van der Waals surface area contributed by atoms with Gasteiger partial charge in [-0.25, -0.2) is 4.98 Å². The molecule has 0 aliphatic carbocycles. The highest BCUT2D eigenvalue weighted by Crippen LogP contribution is 2.07. The topological polar surface area (TPSA) is 152 Å². The Kier molecular flexibility index (Phi) is 10.5. The van der Waals surface area contributed by atoms with Gasteiger partial charge in [-0.05, 0) is 12.1 Å². The first kappa shape index (κ1) is 22.7. The average Bonchev–Trinajstić information content (AvgIpc) is 3.15. The maximum atomic E-state index is 10.3. The van der Waals surface area contributed by atoms with E-state index in [0.29, 0.717) is 18.8 Å².